The van der Waals surface area contributed by atoms with Crippen molar-refractivity contribution in [3.05, 3.63) is 101 Å². The van der Waals surface area contributed by atoms with Crippen LogP contribution in [0.3, 0.4) is 0 Å². The molecule has 1 N–H and O–H groups in total. The van der Waals surface area contributed by atoms with Crippen LogP contribution in [0.1, 0.15) is 80.2 Å². The van der Waals surface area contributed by atoms with Crippen LogP contribution in [0.25, 0.3) is 10.8 Å². The van der Waals surface area contributed by atoms with Crippen molar-refractivity contribution in [2.45, 2.75) is 71.1 Å². The Morgan fingerprint density at radius 1 is 0.930 bits per heavy atom. The van der Waals surface area contributed by atoms with Crippen LogP contribution in [-0.4, -0.2) is 40.0 Å². The van der Waals surface area contributed by atoms with Crippen molar-refractivity contribution in [1.29, 1.82) is 0 Å². The van der Waals surface area contributed by atoms with Crippen LogP contribution >= 0.6 is 0 Å². The maximum absolute atomic E-state index is 13.7. The third kappa shape index (κ3) is 8.01. The number of carboxylic acid groups (broad SMARTS) is 1. The van der Waals surface area contributed by atoms with E-state index >= 15 is 0 Å². The summed E-state index contributed by atoms with van der Waals surface area (Å²) in [5.41, 5.74) is 3.65. The highest BCUT2D eigenvalue weighted by Crippen LogP contribution is 2.33. The van der Waals surface area contributed by atoms with E-state index in [1.54, 1.807) is 6.07 Å². The molecule has 0 radical (unpaired) electrons. The lowest BCUT2D eigenvalue weighted by Gasteiger charge is -2.21. The van der Waals surface area contributed by atoms with E-state index in [1.165, 1.54) is 23.3 Å². The van der Waals surface area contributed by atoms with Gasteiger partial charge >= 0.3 is 5.97 Å². The lowest BCUT2D eigenvalue weighted by molar-refractivity contribution is -0.137. The number of hydrogen-bond acceptors (Lipinski definition) is 4. The van der Waals surface area contributed by atoms with E-state index in [2.05, 4.69) is 32.9 Å². The molecule has 5 rings (SSSR count). The molecule has 3 aromatic carbocycles. The number of amides is 1. The average molecular weight is 579 g/mol. The van der Waals surface area contributed by atoms with E-state index in [0.29, 0.717) is 24.6 Å². The summed E-state index contributed by atoms with van der Waals surface area (Å²) in [4.78, 5) is 31.8. The Morgan fingerprint density at radius 2 is 1.63 bits per heavy atom. The molecule has 0 atom stereocenters. The van der Waals surface area contributed by atoms with Crippen molar-refractivity contribution >= 4 is 22.6 Å². The van der Waals surface area contributed by atoms with Gasteiger partial charge < -0.3 is 14.7 Å². The van der Waals surface area contributed by atoms with Crippen molar-refractivity contribution in [2.75, 3.05) is 13.1 Å². The Hall–Kier alpha value is -4.19. The van der Waals surface area contributed by atoms with E-state index in [4.69, 9.17) is 9.72 Å². The Balaban J connectivity index is 1.41. The topological polar surface area (TPSA) is 79.7 Å². The minimum atomic E-state index is -1.03. The second kappa shape index (κ2) is 13.4. The van der Waals surface area contributed by atoms with Crippen molar-refractivity contribution in [1.82, 2.24) is 9.88 Å². The van der Waals surface area contributed by atoms with Crippen LogP contribution in [0.5, 0.6) is 11.5 Å². The number of carboxylic acids is 1. The molecular formula is C37H42N2O4. The molecule has 6 heteroatoms. The monoisotopic (exact) mass is 578 g/mol. The van der Waals surface area contributed by atoms with Crippen LogP contribution in [0.15, 0.2) is 78.9 Å². The molecule has 0 spiro atoms. The Labute approximate surface area is 254 Å². The van der Waals surface area contributed by atoms with E-state index in [-0.39, 0.29) is 17.9 Å². The highest BCUT2D eigenvalue weighted by Gasteiger charge is 2.23. The second-order valence-corrected chi connectivity index (χ2v) is 12.8. The number of fused-ring (bicyclic) bond motifs is 1. The number of benzene rings is 3. The van der Waals surface area contributed by atoms with E-state index < -0.39 is 5.97 Å². The highest BCUT2D eigenvalue weighted by atomic mass is 16.5. The Morgan fingerprint density at radius 3 is 2.30 bits per heavy atom. The summed E-state index contributed by atoms with van der Waals surface area (Å²) in [5, 5.41) is 11.5. The Bertz CT molecular complexity index is 1550. The van der Waals surface area contributed by atoms with Crippen LogP contribution in [0, 0.1) is 5.92 Å². The number of aliphatic carboxylic acids is 1. The predicted molar refractivity (Wildman–Crippen MR) is 171 cm³/mol. The normalized spacial score (nSPS) is 13.7. The van der Waals surface area contributed by atoms with Crippen LogP contribution in [0.4, 0.5) is 0 Å². The largest absolute Gasteiger partial charge is 0.480 e. The molecule has 1 aliphatic rings. The minimum absolute atomic E-state index is 0.0688. The van der Waals surface area contributed by atoms with Crippen molar-refractivity contribution in [3.63, 3.8) is 0 Å². The summed E-state index contributed by atoms with van der Waals surface area (Å²) in [6.07, 6.45) is 6.97. The number of carbonyl (C=O) groups is 2. The van der Waals surface area contributed by atoms with E-state index in [1.807, 2.05) is 60.7 Å². The number of nitrogens with zero attached hydrogens (tertiary/aromatic N) is 2. The summed E-state index contributed by atoms with van der Waals surface area (Å²) in [6, 6.07) is 25.9. The summed E-state index contributed by atoms with van der Waals surface area (Å²) in [5.74, 6) is 0.639. The number of pyridine rings is 1. The first-order valence-electron chi connectivity index (χ1n) is 15.4. The molecule has 43 heavy (non-hydrogen) atoms. The van der Waals surface area contributed by atoms with Gasteiger partial charge in [-0.25, -0.2) is 4.98 Å². The Kier molecular flexibility index (Phi) is 9.44. The fraction of sp³-hybridized carbons (Fsp3) is 0.378. The number of hydrogen-bond donors (Lipinski definition) is 1. The third-order valence-electron chi connectivity index (χ3n) is 8.36. The standard InChI is InChI=1S/C37H42N2O4/c1-37(2,3)29-16-19-30(20-17-29)43-31-18-15-28-23-34(38-33(32(28)24-31)22-27-12-7-8-13-27)36(42)39(25-35(40)41)21-9-14-26-10-5-4-6-11-26/h4-6,10-11,15-20,23-24,27H,7-9,12-14,21-22,25H2,1-3H3,(H,40,41). The molecule has 1 fully saturated rings. The fourth-order valence-electron chi connectivity index (χ4n) is 5.97. The molecule has 1 heterocycles. The summed E-state index contributed by atoms with van der Waals surface area (Å²) in [7, 11) is 0. The number of aryl methyl sites for hydroxylation is 1. The average Bonchev–Trinajstić information content (AvgIpc) is 3.50. The van der Waals surface area contributed by atoms with Gasteiger partial charge in [0, 0.05) is 17.6 Å². The molecule has 1 aliphatic carbocycles. The van der Waals surface area contributed by atoms with Gasteiger partial charge in [0.2, 0.25) is 0 Å². The van der Waals surface area contributed by atoms with E-state index in [0.717, 1.165) is 59.2 Å². The number of rotatable bonds is 11. The number of ether oxygens (including phenoxy) is 1. The second-order valence-electron chi connectivity index (χ2n) is 12.8. The lowest BCUT2D eigenvalue weighted by Crippen LogP contribution is -2.37. The fourth-order valence-corrected chi connectivity index (χ4v) is 5.97. The van der Waals surface area contributed by atoms with Gasteiger partial charge in [-0.15, -0.1) is 0 Å². The van der Waals surface area contributed by atoms with Gasteiger partial charge in [0.1, 0.15) is 23.7 Å². The van der Waals surface area contributed by atoms with Crippen molar-refractivity contribution in [2.24, 2.45) is 5.92 Å². The van der Waals surface area contributed by atoms with Crippen molar-refractivity contribution in [3.8, 4) is 11.5 Å². The summed E-state index contributed by atoms with van der Waals surface area (Å²) in [6.45, 7) is 6.56. The van der Waals surface area contributed by atoms with Crippen LogP contribution in [0.2, 0.25) is 0 Å². The first kappa shape index (κ1) is 30.3. The molecule has 224 valence electrons. The van der Waals surface area contributed by atoms with Gasteiger partial charge in [0.05, 0.1) is 0 Å². The smallest absolute Gasteiger partial charge is 0.323 e. The maximum Gasteiger partial charge on any atom is 0.323 e. The van der Waals surface area contributed by atoms with Crippen LogP contribution < -0.4 is 4.74 Å². The van der Waals surface area contributed by atoms with Gasteiger partial charge in [-0.1, -0.05) is 95.0 Å². The third-order valence-corrected chi connectivity index (χ3v) is 8.36. The first-order chi connectivity index (χ1) is 20.7. The number of carbonyl (C=O) groups excluding carboxylic acids is 1. The zero-order valence-electron chi connectivity index (χ0n) is 25.5. The molecule has 0 unspecified atom stereocenters. The SMILES string of the molecule is CC(C)(C)c1ccc(Oc2ccc3cc(C(=O)N(CCCc4ccccc4)CC(=O)O)nc(CC4CCCC4)c3c2)cc1. The molecule has 1 aromatic heterocycles. The molecule has 6 nitrogen and oxygen atoms in total. The zero-order valence-corrected chi connectivity index (χ0v) is 25.5. The minimum Gasteiger partial charge on any atom is -0.480 e. The van der Waals surface area contributed by atoms with Crippen LogP contribution in [-0.2, 0) is 23.1 Å². The molecule has 0 bridgehead atoms. The van der Waals surface area contributed by atoms with Crippen molar-refractivity contribution < 1.29 is 19.4 Å². The quantitative estimate of drug-likeness (QED) is 0.194. The predicted octanol–water partition coefficient (Wildman–Crippen LogP) is 8.22. The maximum atomic E-state index is 13.7. The molecule has 4 aromatic rings. The van der Waals surface area contributed by atoms with Gasteiger partial charge in [-0.2, -0.15) is 0 Å². The molecular weight excluding hydrogens is 536 g/mol. The molecule has 1 amide bonds. The summed E-state index contributed by atoms with van der Waals surface area (Å²) < 4.78 is 6.25. The van der Waals surface area contributed by atoms with Gasteiger partial charge in [0.15, 0.2) is 0 Å². The molecule has 0 saturated heterocycles. The van der Waals surface area contributed by atoms with Gasteiger partial charge in [-0.05, 0) is 77.4 Å². The lowest BCUT2D eigenvalue weighted by atomic mass is 9.87. The zero-order chi connectivity index (χ0) is 30.4. The van der Waals surface area contributed by atoms with Gasteiger partial charge in [-0.3, -0.25) is 9.59 Å². The number of aromatic nitrogens is 1. The molecule has 1 saturated carbocycles. The first-order valence-corrected chi connectivity index (χ1v) is 15.4. The van der Waals surface area contributed by atoms with E-state index in [9.17, 15) is 14.7 Å². The highest BCUT2D eigenvalue weighted by molar-refractivity contribution is 5.98. The molecule has 0 aliphatic heterocycles. The summed E-state index contributed by atoms with van der Waals surface area (Å²) >= 11 is 0. The van der Waals surface area contributed by atoms with Gasteiger partial charge in [0.25, 0.3) is 5.91 Å².